The number of carbonyl (C=O) groups is 1. The van der Waals surface area contributed by atoms with E-state index in [0.717, 1.165) is 5.52 Å². The molecule has 1 aliphatic carbocycles. The van der Waals surface area contributed by atoms with Crippen molar-refractivity contribution in [1.29, 1.82) is 5.26 Å². The van der Waals surface area contributed by atoms with E-state index in [9.17, 15) is 14.3 Å². The maximum atomic E-state index is 14.1. The number of hydrogen-bond acceptors (Lipinski definition) is 6. The topological polar surface area (TPSA) is 115 Å². The first-order chi connectivity index (χ1) is 14.8. The molecule has 4 rings (SSSR count). The quantitative estimate of drug-likeness (QED) is 0.539. The molecule has 0 radical (unpaired) electrons. The van der Waals surface area contributed by atoms with Crippen LogP contribution in [-0.2, 0) is 0 Å². The number of halogens is 1. The molecule has 3 N–H and O–H groups in total. The van der Waals surface area contributed by atoms with E-state index in [-0.39, 0.29) is 18.2 Å². The monoisotopic (exact) mass is 422 g/mol. The molecule has 0 aliphatic heterocycles. The summed E-state index contributed by atoms with van der Waals surface area (Å²) in [5.74, 6) is -0.467. The molecule has 3 aromatic heterocycles. The second-order valence-electron chi connectivity index (χ2n) is 8.11. The van der Waals surface area contributed by atoms with E-state index in [1.54, 1.807) is 16.6 Å². The van der Waals surface area contributed by atoms with Gasteiger partial charge in [-0.3, -0.25) is 9.78 Å². The number of carbonyl (C=O) groups excluding carboxylic acids is 1. The summed E-state index contributed by atoms with van der Waals surface area (Å²) in [4.78, 5) is 17.1. The predicted molar refractivity (Wildman–Crippen MR) is 113 cm³/mol. The number of hydrogen-bond donors (Lipinski definition) is 3. The van der Waals surface area contributed by atoms with E-state index >= 15 is 0 Å². The van der Waals surface area contributed by atoms with Gasteiger partial charge in [0.2, 0.25) is 0 Å². The number of aromatic nitrogens is 3. The molecule has 3 aromatic rings. The van der Waals surface area contributed by atoms with Gasteiger partial charge in [0, 0.05) is 12.2 Å². The van der Waals surface area contributed by atoms with Crippen molar-refractivity contribution in [1.82, 2.24) is 19.9 Å². The molecule has 0 bridgehead atoms. The fourth-order valence-corrected chi connectivity index (χ4v) is 3.37. The number of fused-ring (bicyclic) bond motifs is 1. The van der Waals surface area contributed by atoms with Crippen LogP contribution in [0, 0.1) is 11.3 Å². The number of anilines is 1. The van der Waals surface area contributed by atoms with E-state index in [1.807, 2.05) is 26.0 Å². The van der Waals surface area contributed by atoms with Gasteiger partial charge in [0.05, 0.1) is 52.1 Å². The molecule has 1 atom stereocenters. The zero-order valence-electron chi connectivity index (χ0n) is 17.3. The van der Waals surface area contributed by atoms with Crippen LogP contribution in [0.2, 0.25) is 0 Å². The van der Waals surface area contributed by atoms with Gasteiger partial charge in [0.15, 0.2) is 0 Å². The van der Waals surface area contributed by atoms with Crippen molar-refractivity contribution in [3.8, 4) is 17.5 Å². The van der Waals surface area contributed by atoms with Crippen molar-refractivity contribution in [2.24, 2.45) is 0 Å². The van der Waals surface area contributed by atoms with Gasteiger partial charge in [0.1, 0.15) is 12.2 Å². The molecule has 1 aliphatic rings. The zero-order valence-corrected chi connectivity index (χ0v) is 17.3. The van der Waals surface area contributed by atoms with Crippen molar-refractivity contribution < 1.29 is 14.3 Å². The fraction of sp³-hybridized carbons (Fsp3) is 0.364. The van der Waals surface area contributed by atoms with Crippen LogP contribution in [0.25, 0.3) is 16.9 Å². The van der Waals surface area contributed by atoms with Crippen molar-refractivity contribution in [2.45, 2.75) is 44.5 Å². The summed E-state index contributed by atoms with van der Waals surface area (Å²) < 4.78 is 15.8. The smallest absolute Gasteiger partial charge is 0.255 e. The average Bonchev–Trinajstić information content (AvgIpc) is 3.36. The minimum Gasteiger partial charge on any atom is -0.387 e. The molecule has 0 saturated heterocycles. The molecule has 31 heavy (non-hydrogen) atoms. The minimum atomic E-state index is -1.50. The maximum absolute atomic E-state index is 14.1. The average molecular weight is 422 g/mol. The lowest BCUT2D eigenvalue weighted by molar-refractivity contribution is 0.0528. The van der Waals surface area contributed by atoms with Crippen LogP contribution in [0.5, 0.6) is 0 Å². The predicted octanol–water partition coefficient (Wildman–Crippen LogP) is 2.68. The summed E-state index contributed by atoms with van der Waals surface area (Å²) in [6.07, 6.45) is 2.25. The summed E-state index contributed by atoms with van der Waals surface area (Å²) in [6.45, 7) is 3.63. The zero-order chi connectivity index (χ0) is 22.2. The second kappa shape index (κ2) is 7.96. The van der Waals surface area contributed by atoms with Gasteiger partial charge in [-0.1, -0.05) is 0 Å². The van der Waals surface area contributed by atoms with Crippen LogP contribution in [0.1, 0.15) is 42.6 Å². The highest BCUT2D eigenvalue weighted by atomic mass is 19.1. The van der Waals surface area contributed by atoms with Gasteiger partial charge in [-0.15, -0.1) is 0 Å². The van der Waals surface area contributed by atoms with E-state index in [0.29, 0.717) is 35.5 Å². The van der Waals surface area contributed by atoms with Crippen molar-refractivity contribution in [3.63, 3.8) is 0 Å². The largest absolute Gasteiger partial charge is 0.387 e. The summed E-state index contributed by atoms with van der Waals surface area (Å²) in [5, 5.41) is 29.0. The molecule has 0 aromatic carbocycles. The number of rotatable bonds is 7. The van der Waals surface area contributed by atoms with Crippen LogP contribution in [0.4, 0.5) is 10.1 Å². The Bertz CT molecular complexity index is 1180. The van der Waals surface area contributed by atoms with E-state index in [4.69, 9.17) is 5.26 Å². The molecule has 1 unspecified atom stereocenters. The Kier molecular flexibility index (Phi) is 5.33. The van der Waals surface area contributed by atoms with Gasteiger partial charge in [-0.05, 0) is 51.0 Å². The molecule has 1 amide bonds. The Labute approximate surface area is 178 Å². The first-order valence-electron chi connectivity index (χ1n) is 10.1. The molecule has 1 fully saturated rings. The van der Waals surface area contributed by atoms with Crippen LogP contribution in [0.3, 0.4) is 0 Å². The third-order valence-electron chi connectivity index (χ3n) is 5.27. The number of amides is 1. The SMILES string of the molecule is CC(C)Nc1cc(-c2ccc3cc(C#N)cnn23)ncc1C(=O)NCC(F)C1(O)CC1. The Morgan fingerprint density at radius 3 is 2.81 bits per heavy atom. The van der Waals surface area contributed by atoms with Gasteiger partial charge < -0.3 is 15.7 Å². The molecular weight excluding hydrogens is 399 g/mol. The molecule has 0 spiro atoms. The Hall–Kier alpha value is -3.51. The summed E-state index contributed by atoms with van der Waals surface area (Å²) in [5.41, 5.74) is 2.05. The highest BCUT2D eigenvalue weighted by Gasteiger charge is 2.48. The normalized spacial score (nSPS) is 15.5. The molecule has 1 saturated carbocycles. The van der Waals surface area contributed by atoms with E-state index < -0.39 is 17.7 Å². The van der Waals surface area contributed by atoms with Crippen molar-refractivity contribution >= 4 is 17.1 Å². The van der Waals surface area contributed by atoms with Crippen molar-refractivity contribution in [2.75, 3.05) is 11.9 Å². The number of nitriles is 1. The number of aliphatic hydroxyl groups is 1. The molecule has 160 valence electrons. The Morgan fingerprint density at radius 1 is 1.35 bits per heavy atom. The van der Waals surface area contributed by atoms with Crippen molar-refractivity contribution in [3.05, 3.63) is 47.8 Å². The van der Waals surface area contributed by atoms with Crippen LogP contribution < -0.4 is 10.6 Å². The third-order valence-corrected chi connectivity index (χ3v) is 5.27. The lowest BCUT2D eigenvalue weighted by Gasteiger charge is -2.18. The summed E-state index contributed by atoms with van der Waals surface area (Å²) >= 11 is 0. The van der Waals surface area contributed by atoms with Gasteiger partial charge in [-0.25, -0.2) is 8.91 Å². The Morgan fingerprint density at radius 2 is 2.13 bits per heavy atom. The lowest BCUT2D eigenvalue weighted by atomic mass is 10.1. The standard InChI is InChI=1S/C22H23FN6O2/c1-13(2)28-17-8-18(19-4-3-15-7-14(9-24)10-27-29(15)19)25-11-16(17)21(30)26-12-20(23)22(31)5-6-22/h3-4,7-8,10-11,13,20,31H,5-6,12H2,1-2H3,(H,25,28)(H,26,30). The fourth-order valence-electron chi connectivity index (χ4n) is 3.37. The van der Waals surface area contributed by atoms with Gasteiger partial charge in [-0.2, -0.15) is 10.4 Å². The van der Waals surface area contributed by atoms with Crippen LogP contribution >= 0.6 is 0 Å². The molecule has 3 heterocycles. The summed E-state index contributed by atoms with van der Waals surface area (Å²) in [6, 6.07) is 9.27. The van der Waals surface area contributed by atoms with E-state index in [2.05, 4.69) is 26.8 Å². The molecule has 8 nitrogen and oxygen atoms in total. The lowest BCUT2D eigenvalue weighted by Crippen LogP contribution is -2.38. The number of pyridine rings is 1. The second-order valence-corrected chi connectivity index (χ2v) is 8.11. The summed E-state index contributed by atoms with van der Waals surface area (Å²) in [7, 11) is 0. The highest BCUT2D eigenvalue weighted by Crippen LogP contribution is 2.39. The van der Waals surface area contributed by atoms with Gasteiger partial charge in [0.25, 0.3) is 5.91 Å². The van der Waals surface area contributed by atoms with E-state index in [1.165, 1.54) is 12.4 Å². The maximum Gasteiger partial charge on any atom is 0.255 e. The van der Waals surface area contributed by atoms with Crippen LogP contribution in [0.15, 0.2) is 36.7 Å². The Balaban J connectivity index is 1.63. The number of alkyl halides is 1. The highest BCUT2D eigenvalue weighted by molar-refractivity contribution is 6.00. The minimum absolute atomic E-state index is 0.0447. The van der Waals surface area contributed by atoms with Gasteiger partial charge >= 0.3 is 0 Å². The molecule has 9 heteroatoms. The third kappa shape index (κ3) is 4.20. The molecular formula is C22H23FN6O2. The first kappa shape index (κ1) is 20.8. The number of nitrogens with one attached hydrogen (secondary N) is 2. The first-order valence-corrected chi connectivity index (χ1v) is 10.1. The number of nitrogens with zero attached hydrogens (tertiary/aromatic N) is 4. The van der Waals surface area contributed by atoms with Crippen LogP contribution in [-0.4, -0.2) is 50.0 Å².